The standard InChI is InChI=1S/C11H14O7S/c1-11(2,3)18-10(13)17-7-4-5-8(12)9(6-7)19(14,15)16/h4-6,12H,1-3H3,(H,14,15,16). The fourth-order valence-electron chi connectivity index (χ4n) is 1.13. The topological polar surface area (TPSA) is 110 Å². The maximum atomic E-state index is 11.4. The highest BCUT2D eigenvalue weighted by molar-refractivity contribution is 7.86. The Morgan fingerprint density at radius 1 is 1.26 bits per heavy atom. The quantitative estimate of drug-likeness (QED) is 0.486. The number of hydrogen-bond acceptors (Lipinski definition) is 6. The van der Waals surface area contributed by atoms with Crippen molar-refractivity contribution in [1.82, 2.24) is 0 Å². The first-order valence-corrected chi connectivity index (χ1v) is 6.64. The summed E-state index contributed by atoms with van der Waals surface area (Å²) in [7, 11) is -4.61. The van der Waals surface area contributed by atoms with Crippen molar-refractivity contribution in [2.75, 3.05) is 0 Å². The summed E-state index contributed by atoms with van der Waals surface area (Å²) >= 11 is 0. The Labute approximate surface area is 110 Å². The van der Waals surface area contributed by atoms with Crippen molar-refractivity contribution >= 4 is 16.3 Å². The third-order valence-corrected chi connectivity index (χ3v) is 2.68. The molecule has 8 heteroatoms. The van der Waals surface area contributed by atoms with Gasteiger partial charge in [0.1, 0.15) is 22.0 Å². The Kier molecular flexibility index (Phi) is 4.06. The van der Waals surface area contributed by atoms with Gasteiger partial charge in [-0.15, -0.1) is 0 Å². The highest BCUT2D eigenvalue weighted by atomic mass is 32.2. The van der Waals surface area contributed by atoms with Crippen LogP contribution in [0.4, 0.5) is 4.79 Å². The molecule has 1 aromatic rings. The third-order valence-electron chi connectivity index (χ3n) is 1.80. The van der Waals surface area contributed by atoms with Crippen LogP contribution in [0.3, 0.4) is 0 Å². The lowest BCUT2D eigenvalue weighted by molar-refractivity contribution is 0.0205. The lowest BCUT2D eigenvalue weighted by Gasteiger charge is -2.18. The number of aromatic hydroxyl groups is 1. The first kappa shape index (κ1) is 15.3. The minimum absolute atomic E-state index is 0.181. The fourth-order valence-corrected chi connectivity index (χ4v) is 1.73. The van der Waals surface area contributed by atoms with Crippen LogP contribution in [0.25, 0.3) is 0 Å². The van der Waals surface area contributed by atoms with Gasteiger partial charge in [0.25, 0.3) is 10.1 Å². The second kappa shape index (κ2) is 5.06. The van der Waals surface area contributed by atoms with Crippen molar-refractivity contribution in [2.45, 2.75) is 31.3 Å². The Hall–Kier alpha value is -1.80. The van der Waals surface area contributed by atoms with Gasteiger partial charge in [-0.3, -0.25) is 4.55 Å². The number of benzene rings is 1. The SMILES string of the molecule is CC(C)(C)OC(=O)Oc1ccc(O)c(S(=O)(=O)O)c1. The van der Waals surface area contributed by atoms with Crippen molar-refractivity contribution in [3.8, 4) is 11.5 Å². The van der Waals surface area contributed by atoms with Gasteiger partial charge in [0.2, 0.25) is 0 Å². The Morgan fingerprint density at radius 2 is 1.84 bits per heavy atom. The molecule has 0 aliphatic carbocycles. The first-order chi connectivity index (χ1) is 8.49. The maximum Gasteiger partial charge on any atom is 0.514 e. The summed E-state index contributed by atoms with van der Waals surface area (Å²) in [5.41, 5.74) is -0.764. The molecule has 1 aromatic carbocycles. The monoisotopic (exact) mass is 290 g/mol. The van der Waals surface area contributed by atoms with E-state index in [1.54, 1.807) is 20.8 Å². The van der Waals surface area contributed by atoms with Gasteiger partial charge in [0, 0.05) is 6.07 Å². The summed E-state index contributed by atoms with van der Waals surface area (Å²) in [6.07, 6.45) is -1.03. The normalized spacial score (nSPS) is 12.0. The van der Waals surface area contributed by atoms with Crippen molar-refractivity contribution < 1.29 is 32.3 Å². The third kappa shape index (κ3) is 4.76. The largest absolute Gasteiger partial charge is 0.514 e. The van der Waals surface area contributed by atoms with E-state index < -0.39 is 32.5 Å². The molecule has 1 rings (SSSR count). The van der Waals surface area contributed by atoms with Crippen LogP contribution in [-0.2, 0) is 14.9 Å². The van der Waals surface area contributed by atoms with E-state index in [0.717, 1.165) is 18.2 Å². The summed E-state index contributed by atoms with van der Waals surface area (Å²) in [4.78, 5) is 10.6. The van der Waals surface area contributed by atoms with E-state index in [2.05, 4.69) is 0 Å². The van der Waals surface area contributed by atoms with Gasteiger partial charge in [0.05, 0.1) is 0 Å². The zero-order valence-corrected chi connectivity index (χ0v) is 11.4. The minimum atomic E-state index is -4.61. The van der Waals surface area contributed by atoms with Crippen LogP contribution in [-0.4, -0.2) is 29.8 Å². The predicted molar refractivity (Wildman–Crippen MR) is 64.8 cm³/mol. The van der Waals surface area contributed by atoms with Gasteiger partial charge in [0.15, 0.2) is 0 Å². The molecular formula is C11H14O7S. The number of phenols is 1. The molecular weight excluding hydrogens is 276 g/mol. The van der Waals surface area contributed by atoms with Gasteiger partial charge in [-0.2, -0.15) is 8.42 Å². The van der Waals surface area contributed by atoms with E-state index in [0.29, 0.717) is 0 Å². The molecule has 0 aromatic heterocycles. The van der Waals surface area contributed by atoms with Gasteiger partial charge in [-0.25, -0.2) is 4.79 Å². The zero-order valence-electron chi connectivity index (χ0n) is 10.6. The summed E-state index contributed by atoms with van der Waals surface area (Å²) in [6, 6.07) is 2.95. The number of carbonyl (C=O) groups is 1. The van der Waals surface area contributed by atoms with Gasteiger partial charge >= 0.3 is 6.16 Å². The van der Waals surface area contributed by atoms with Crippen molar-refractivity contribution in [2.24, 2.45) is 0 Å². The van der Waals surface area contributed by atoms with Crippen LogP contribution < -0.4 is 4.74 Å². The summed E-state index contributed by atoms with van der Waals surface area (Å²) in [6.45, 7) is 4.90. The molecule has 0 radical (unpaired) electrons. The molecule has 0 heterocycles. The summed E-state index contributed by atoms with van der Waals surface area (Å²) in [5, 5.41) is 9.28. The van der Waals surface area contributed by atoms with Crippen LogP contribution in [0, 0.1) is 0 Å². The molecule has 7 nitrogen and oxygen atoms in total. The second-order valence-corrected chi connectivity index (χ2v) is 6.06. The molecule has 0 aliphatic rings. The average Bonchev–Trinajstić information content (AvgIpc) is 2.16. The molecule has 0 fully saturated rings. The van der Waals surface area contributed by atoms with E-state index >= 15 is 0 Å². The molecule has 0 spiro atoms. The molecule has 0 saturated heterocycles. The van der Waals surface area contributed by atoms with Crippen molar-refractivity contribution in [3.63, 3.8) is 0 Å². The molecule has 0 saturated carbocycles. The number of phenolic OH excluding ortho intramolecular Hbond substituents is 1. The van der Waals surface area contributed by atoms with Crippen LogP contribution in [0.5, 0.6) is 11.5 Å². The first-order valence-electron chi connectivity index (χ1n) is 5.20. The molecule has 0 atom stereocenters. The predicted octanol–water partition coefficient (Wildman–Crippen LogP) is 1.95. The van der Waals surface area contributed by atoms with Crippen LogP contribution in [0.1, 0.15) is 20.8 Å². The highest BCUT2D eigenvalue weighted by Crippen LogP contribution is 2.27. The average molecular weight is 290 g/mol. The zero-order chi connectivity index (χ0) is 14.8. The van der Waals surface area contributed by atoms with E-state index in [1.807, 2.05) is 0 Å². The summed E-state index contributed by atoms with van der Waals surface area (Å²) < 4.78 is 40.3. The van der Waals surface area contributed by atoms with Gasteiger partial charge in [-0.05, 0) is 32.9 Å². The molecule has 0 aliphatic heterocycles. The number of hydrogen-bond donors (Lipinski definition) is 2. The van der Waals surface area contributed by atoms with Gasteiger partial charge < -0.3 is 14.6 Å². The molecule has 106 valence electrons. The van der Waals surface area contributed by atoms with Gasteiger partial charge in [-0.1, -0.05) is 0 Å². The Morgan fingerprint density at radius 3 is 2.32 bits per heavy atom. The van der Waals surface area contributed by atoms with E-state index in [-0.39, 0.29) is 5.75 Å². The lowest BCUT2D eigenvalue weighted by Crippen LogP contribution is -2.26. The minimum Gasteiger partial charge on any atom is -0.506 e. The van der Waals surface area contributed by atoms with Crippen molar-refractivity contribution in [3.05, 3.63) is 18.2 Å². The molecule has 19 heavy (non-hydrogen) atoms. The maximum absolute atomic E-state index is 11.4. The van der Waals surface area contributed by atoms with Crippen LogP contribution in [0.2, 0.25) is 0 Å². The Balaban J connectivity index is 2.96. The lowest BCUT2D eigenvalue weighted by atomic mass is 10.2. The molecule has 0 bridgehead atoms. The molecule has 2 N–H and O–H groups in total. The number of rotatable bonds is 2. The molecule has 0 unspecified atom stereocenters. The molecule has 0 amide bonds. The van der Waals surface area contributed by atoms with E-state index in [4.69, 9.17) is 14.0 Å². The van der Waals surface area contributed by atoms with E-state index in [1.165, 1.54) is 0 Å². The number of carbonyl (C=O) groups excluding carboxylic acids is 1. The van der Waals surface area contributed by atoms with Crippen LogP contribution in [0.15, 0.2) is 23.1 Å². The second-order valence-electron chi connectivity index (χ2n) is 4.67. The van der Waals surface area contributed by atoms with Crippen molar-refractivity contribution in [1.29, 1.82) is 0 Å². The number of ether oxygens (including phenoxy) is 2. The van der Waals surface area contributed by atoms with E-state index in [9.17, 15) is 18.3 Å². The smallest absolute Gasteiger partial charge is 0.506 e. The highest BCUT2D eigenvalue weighted by Gasteiger charge is 2.20. The fraction of sp³-hybridized carbons (Fsp3) is 0.364. The Bertz CT molecular complexity index is 584. The van der Waals surface area contributed by atoms with Crippen LogP contribution >= 0.6 is 0 Å². The summed E-state index contributed by atoms with van der Waals surface area (Å²) in [5.74, 6) is -0.835.